The van der Waals surface area contributed by atoms with Crippen LogP contribution in [0.2, 0.25) is 0 Å². The fraction of sp³-hybridized carbons (Fsp3) is 0.217. The Morgan fingerprint density at radius 2 is 1.97 bits per heavy atom. The van der Waals surface area contributed by atoms with E-state index >= 15 is 0 Å². The summed E-state index contributed by atoms with van der Waals surface area (Å²) in [6, 6.07) is 13.4. The summed E-state index contributed by atoms with van der Waals surface area (Å²) < 4.78 is 22.8. The van der Waals surface area contributed by atoms with Crippen LogP contribution < -0.4 is 9.47 Å². The van der Waals surface area contributed by atoms with E-state index < -0.39 is 6.16 Å². The van der Waals surface area contributed by atoms with Gasteiger partial charge in [0, 0.05) is 23.4 Å². The number of nitrogens with zero attached hydrogens (tertiary/aromatic N) is 1. The van der Waals surface area contributed by atoms with E-state index in [0.717, 1.165) is 26.3 Å². The van der Waals surface area contributed by atoms with E-state index in [0.29, 0.717) is 17.1 Å². The number of methoxy groups -OCH3 is 1. The lowest BCUT2D eigenvalue weighted by Crippen LogP contribution is -2.17. The lowest BCUT2D eigenvalue weighted by Gasteiger charge is -2.12. The molecule has 0 aliphatic rings. The fourth-order valence-corrected chi connectivity index (χ4v) is 3.67. The second-order valence-corrected chi connectivity index (χ2v) is 8.00. The Bertz CT molecular complexity index is 1250. The zero-order chi connectivity index (χ0) is 22.0. The van der Waals surface area contributed by atoms with Crippen molar-refractivity contribution in [3.8, 4) is 17.4 Å². The molecule has 2 heterocycles. The number of para-hydroxylation sites is 1. The molecule has 2 aromatic heterocycles. The van der Waals surface area contributed by atoms with Crippen LogP contribution in [0.3, 0.4) is 0 Å². The smallest absolute Gasteiger partial charge is 0.456 e. The van der Waals surface area contributed by atoms with E-state index in [2.05, 4.69) is 25.9 Å². The van der Waals surface area contributed by atoms with E-state index in [1.165, 1.54) is 0 Å². The molecule has 4 rings (SSSR count). The molecule has 0 aliphatic carbocycles. The number of halogens is 1. The maximum Gasteiger partial charge on any atom is 0.515 e. The van der Waals surface area contributed by atoms with Crippen molar-refractivity contribution in [1.82, 2.24) is 9.97 Å². The first-order valence-corrected chi connectivity index (χ1v) is 10.5. The molecule has 0 saturated carbocycles. The third-order valence-corrected chi connectivity index (χ3v) is 5.19. The van der Waals surface area contributed by atoms with Gasteiger partial charge in [0.1, 0.15) is 11.5 Å². The lowest BCUT2D eigenvalue weighted by atomic mass is 10.1. The van der Waals surface area contributed by atoms with E-state index in [1.54, 1.807) is 27.2 Å². The zero-order valence-electron chi connectivity index (χ0n) is 17.3. The Morgan fingerprint density at radius 3 is 2.71 bits per heavy atom. The van der Waals surface area contributed by atoms with Crippen molar-refractivity contribution in [2.45, 2.75) is 26.6 Å². The molecule has 4 aromatic rings. The number of aromatic amines is 1. The van der Waals surface area contributed by atoms with Gasteiger partial charge in [0.15, 0.2) is 0 Å². The van der Waals surface area contributed by atoms with Crippen LogP contribution in [0.25, 0.3) is 21.8 Å². The SMILES string of the molecule is COCc1c(OC(=O)OC(C)C)ncc2[nH]c3ccc(Oc4ccccc4Br)cc3c12. The number of nitrogens with one attached hydrogen (secondary N) is 1. The largest absolute Gasteiger partial charge is 0.515 e. The Labute approximate surface area is 187 Å². The maximum absolute atomic E-state index is 12.0. The summed E-state index contributed by atoms with van der Waals surface area (Å²) in [7, 11) is 1.57. The Morgan fingerprint density at radius 1 is 1.16 bits per heavy atom. The standard InChI is InChI=1S/C23H21BrN2O5/c1-13(2)29-23(27)31-22-16(12-28-3)21-15-10-14(30-20-7-5-4-6-17(20)24)8-9-18(15)26-19(21)11-25-22/h4-11,13,26H,12H2,1-3H3. The highest BCUT2D eigenvalue weighted by atomic mass is 79.9. The normalized spacial score (nSPS) is 11.3. The van der Waals surface area contributed by atoms with E-state index in [9.17, 15) is 4.79 Å². The highest BCUT2D eigenvalue weighted by Crippen LogP contribution is 2.36. The number of carbonyl (C=O) groups excluding carboxylic acids is 1. The number of rotatable bonds is 6. The molecular formula is C23H21BrN2O5. The molecule has 0 unspecified atom stereocenters. The number of fused-ring (bicyclic) bond motifs is 3. The molecule has 8 heteroatoms. The highest BCUT2D eigenvalue weighted by Gasteiger charge is 2.19. The minimum atomic E-state index is -0.808. The van der Waals surface area contributed by atoms with Gasteiger partial charge in [-0.1, -0.05) is 12.1 Å². The molecule has 0 amide bonds. The van der Waals surface area contributed by atoms with Crippen LogP contribution in [0.15, 0.2) is 53.1 Å². The summed E-state index contributed by atoms with van der Waals surface area (Å²) in [6.07, 6.45) is 0.519. The minimum Gasteiger partial charge on any atom is -0.456 e. The minimum absolute atomic E-state index is 0.151. The Kier molecular flexibility index (Phi) is 6.11. The van der Waals surface area contributed by atoms with Crippen LogP contribution in [0.4, 0.5) is 4.79 Å². The first-order chi connectivity index (χ1) is 15.0. The molecule has 0 atom stereocenters. The molecule has 0 bridgehead atoms. The van der Waals surface area contributed by atoms with Crippen molar-refractivity contribution in [2.75, 3.05) is 7.11 Å². The first kappa shape index (κ1) is 21.1. The van der Waals surface area contributed by atoms with Crippen molar-refractivity contribution in [2.24, 2.45) is 0 Å². The van der Waals surface area contributed by atoms with Gasteiger partial charge in [0.25, 0.3) is 0 Å². The van der Waals surface area contributed by atoms with Crippen LogP contribution >= 0.6 is 15.9 Å². The Balaban J connectivity index is 1.80. The van der Waals surface area contributed by atoms with Crippen molar-refractivity contribution >= 4 is 43.9 Å². The molecule has 160 valence electrons. The third-order valence-electron chi connectivity index (χ3n) is 4.53. The predicted molar refractivity (Wildman–Crippen MR) is 121 cm³/mol. The van der Waals surface area contributed by atoms with Crippen LogP contribution in [0.1, 0.15) is 19.4 Å². The summed E-state index contributed by atoms with van der Waals surface area (Å²) in [4.78, 5) is 19.7. The number of ether oxygens (including phenoxy) is 4. The summed E-state index contributed by atoms with van der Waals surface area (Å²) >= 11 is 3.50. The maximum atomic E-state index is 12.0. The fourth-order valence-electron chi connectivity index (χ4n) is 3.30. The number of aromatic nitrogens is 2. The average molecular weight is 485 g/mol. The quantitative estimate of drug-likeness (QED) is 0.321. The van der Waals surface area contributed by atoms with Gasteiger partial charge in [0.2, 0.25) is 5.88 Å². The Hall–Kier alpha value is -3.10. The van der Waals surface area contributed by atoms with Gasteiger partial charge in [0.05, 0.1) is 34.5 Å². The van der Waals surface area contributed by atoms with Gasteiger partial charge in [-0.3, -0.25) is 0 Å². The molecule has 0 radical (unpaired) electrons. The van der Waals surface area contributed by atoms with Gasteiger partial charge < -0.3 is 23.9 Å². The first-order valence-electron chi connectivity index (χ1n) is 9.69. The molecular weight excluding hydrogens is 464 g/mol. The van der Waals surface area contributed by atoms with E-state index in [-0.39, 0.29) is 18.6 Å². The number of benzene rings is 2. The average Bonchev–Trinajstić information content (AvgIpc) is 3.09. The molecule has 0 spiro atoms. The second-order valence-electron chi connectivity index (χ2n) is 7.15. The summed E-state index contributed by atoms with van der Waals surface area (Å²) in [5.74, 6) is 1.53. The number of H-pyrrole nitrogens is 1. The number of hydrogen-bond donors (Lipinski definition) is 1. The molecule has 0 aliphatic heterocycles. The number of pyridine rings is 1. The van der Waals surface area contributed by atoms with E-state index in [4.69, 9.17) is 18.9 Å². The van der Waals surface area contributed by atoms with E-state index in [1.807, 2.05) is 42.5 Å². The van der Waals surface area contributed by atoms with Gasteiger partial charge in [-0.15, -0.1) is 0 Å². The summed E-state index contributed by atoms with van der Waals surface area (Å²) in [5.41, 5.74) is 2.34. The van der Waals surface area contributed by atoms with Gasteiger partial charge in [-0.2, -0.15) is 0 Å². The van der Waals surface area contributed by atoms with Crippen molar-refractivity contribution in [1.29, 1.82) is 0 Å². The summed E-state index contributed by atoms with van der Waals surface area (Å²) in [5, 5.41) is 1.74. The lowest BCUT2D eigenvalue weighted by molar-refractivity contribution is 0.0705. The third kappa shape index (κ3) is 4.50. The second kappa shape index (κ2) is 8.95. The number of hydrogen-bond acceptors (Lipinski definition) is 6. The molecule has 31 heavy (non-hydrogen) atoms. The molecule has 2 aromatic carbocycles. The zero-order valence-corrected chi connectivity index (χ0v) is 18.9. The summed E-state index contributed by atoms with van der Waals surface area (Å²) in [6.45, 7) is 3.71. The van der Waals surface area contributed by atoms with Gasteiger partial charge in [-0.05, 0) is 60.1 Å². The predicted octanol–water partition coefficient (Wildman–Crippen LogP) is 6.34. The monoisotopic (exact) mass is 484 g/mol. The van der Waals surface area contributed by atoms with Crippen LogP contribution in [0.5, 0.6) is 17.4 Å². The topological polar surface area (TPSA) is 82.7 Å². The van der Waals surface area contributed by atoms with Crippen LogP contribution in [0, 0.1) is 0 Å². The van der Waals surface area contributed by atoms with Crippen molar-refractivity contribution in [3.63, 3.8) is 0 Å². The molecule has 0 saturated heterocycles. The molecule has 1 N–H and O–H groups in total. The number of carbonyl (C=O) groups is 1. The van der Waals surface area contributed by atoms with Crippen LogP contribution in [-0.4, -0.2) is 29.3 Å². The van der Waals surface area contributed by atoms with Crippen LogP contribution in [-0.2, 0) is 16.1 Å². The highest BCUT2D eigenvalue weighted by molar-refractivity contribution is 9.10. The van der Waals surface area contributed by atoms with Gasteiger partial charge >= 0.3 is 6.16 Å². The van der Waals surface area contributed by atoms with Crippen molar-refractivity contribution < 1.29 is 23.7 Å². The van der Waals surface area contributed by atoms with Crippen molar-refractivity contribution in [3.05, 3.63) is 58.7 Å². The van der Waals surface area contributed by atoms with Gasteiger partial charge in [-0.25, -0.2) is 9.78 Å². The molecule has 0 fully saturated rings. The molecule has 7 nitrogen and oxygen atoms in total.